The number of amidine groups is 1. The largest absolute Gasteiger partial charge is 0.374 e. The van der Waals surface area contributed by atoms with Gasteiger partial charge in [-0.1, -0.05) is 25.7 Å². The van der Waals surface area contributed by atoms with E-state index in [1.165, 1.54) is 76.6 Å². The van der Waals surface area contributed by atoms with Crippen molar-refractivity contribution in [3.63, 3.8) is 0 Å². The van der Waals surface area contributed by atoms with Crippen molar-refractivity contribution in [1.82, 2.24) is 10.2 Å². The number of hydrogen-bond acceptors (Lipinski definition) is 3. The van der Waals surface area contributed by atoms with Gasteiger partial charge in [-0.05, 0) is 45.7 Å². The molecule has 0 saturated heterocycles. The van der Waals surface area contributed by atoms with Crippen LogP contribution >= 0.6 is 0 Å². The van der Waals surface area contributed by atoms with Crippen LogP contribution in [0.1, 0.15) is 64.2 Å². The van der Waals surface area contributed by atoms with Crippen molar-refractivity contribution in [2.45, 2.75) is 70.3 Å². The van der Waals surface area contributed by atoms with Gasteiger partial charge in [-0.3, -0.25) is 4.99 Å². The van der Waals surface area contributed by atoms with E-state index in [1.807, 2.05) is 0 Å². The molecule has 0 atom stereocenters. The van der Waals surface area contributed by atoms with Gasteiger partial charge in [0.05, 0.1) is 5.84 Å². The lowest BCUT2D eigenvalue weighted by Crippen LogP contribution is -2.35. The van der Waals surface area contributed by atoms with Crippen molar-refractivity contribution in [3.05, 3.63) is 0 Å². The maximum Gasteiger partial charge on any atom is 0.0963 e. The number of rotatable bonds is 5. The van der Waals surface area contributed by atoms with Gasteiger partial charge < -0.3 is 10.2 Å². The Kier molecular flexibility index (Phi) is 6.69. The molecule has 19 heavy (non-hydrogen) atoms. The van der Waals surface area contributed by atoms with Crippen molar-refractivity contribution >= 4 is 5.84 Å². The fourth-order valence-corrected chi connectivity index (χ4v) is 3.28. The first-order valence-electron chi connectivity index (χ1n) is 8.34. The standard InChI is InChI=1S/C16H31N3/c1-19(15-9-4-2-5-10-15)14-8-13-18-16-11-6-3-7-12-17-16/h15H,2-14H2,1H3,(H,17,18). The van der Waals surface area contributed by atoms with Gasteiger partial charge in [0.15, 0.2) is 0 Å². The summed E-state index contributed by atoms with van der Waals surface area (Å²) >= 11 is 0. The number of aliphatic imine (C=N–C) groups is 1. The molecule has 3 heteroatoms. The summed E-state index contributed by atoms with van der Waals surface area (Å²) < 4.78 is 0. The van der Waals surface area contributed by atoms with Gasteiger partial charge in [-0.25, -0.2) is 0 Å². The molecule has 0 bridgehead atoms. The molecule has 0 spiro atoms. The smallest absolute Gasteiger partial charge is 0.0963 e. The molecule has 0 aromatic heterocycles. The zero-order chi connectivity index (χ0) is 13.3. The molecule has 110 valence electrons. The molecule has 0 aromatic carbocycles. The van der Waals surface area contributed by atoms with E-state index >= 15 is 0 Å². The van der Waals surface area contributed by atoms with E-state index in [0.717, 1.165) is 19.1 Å². The second kappa shape index (κ2) is 8.57. The summed E-state index contributed by atoms with van der Waals surface area (Å²) in [7, 11) is 2.30. The zero-order valence-corrected chi connectivity index (χ0v) is 12.7. The van der Waals surface area contributed by atoms with Gasteiger partial charge in [0.1, 0.15) is 0 Å². The average molecular weight is 265 g/mol. The summed E-state index contributed by atoms with van der Waals surface area (Å²) in [5.41, 5.74) is 0. The van der Waals surface area contributed by atoms with Crippen LogP contribution in [0.3, 0.4) is 0 Å². The lowest BCUT2D eigenvalue weighted by molar-refractivity contribution is 0.190. The Morgan fingerprint density at radius 3 is 2.74 bits per heavy atom. The minimum atomic E-state index is 0.851. The minimum absolute atomic E-state index is 0.851. The molecule has 1 N–H and O–H groups in total. The molecular formula is C16H31N3. The van der Waals surface area contributed by atoms with Crippen molar-refractivity contribution in [1.29, 1.82) is 0 Å². The highest BCUT2D eigenvalue weighted by molar-refractivity contribution is 5.82. The van der Waals surface area contributed by atoms with E-state index in [9.17, 15) is 0 Å². The van der Waals surface area contributed by atoms with Crippen LogP contribution in [0.15, 0.2) is 4.99 Å². The third-order valence-corrected chi connectivity index (χ3v) is 4.59. The Labute approximate surface area is 118 Å². The van der Waals surface area contributed by atoms with Crippen LogP contribution in [0.2, 0.25) is 0 Å². The number of nitrogens with one attached hydrogen (secondary N) is 1. The minimum Gasteiger partial charge on any atom is -0.374 e. The van der Waals surface area contributed by atoms with E-state index in [0.29, 0.717) is 0 Å². The molecule has 1 heterocycles. The Morgan fingerprint density at radius 2 is 1.89 bits per heavy atom. The van der Waals surface area contributed by atoms with Gasteiger partial charge in [0.25, 0.3) is 0 Å². The second-order valence-electron chi connectivity index (χ2n) is 6.19. The van der Waals surface area contributed by atoms with Crippen LogP contribution in [-0.2, 0) is 0 Å². The van der Waals surface area contributed by atoms with Crippen LogP contribution < -0.4 is 5.32 Å². The molecule has 1 fully saturated rings. The molecule has 0 unspecified atom stereocenters. The maximum atomic E-state index is 4.62. The monoisotopic (exact) mass is 265 g/mol. The summed E-state index contributed by atoms with van der Waals surface area (Å²) in [5.74, 6) is 1.26. The quantitative estimate of drug-likeness (QED) is 0.773. The molecule has 2 rings (SSSR count). The fourth-order valence-electron chi connectivity index (χ4n) is 3.28. The molecule has 1 saturated carbocycles. The summed E-state index contributed by atoms with van der Waals surface area (Å²) in [6.45, 7) is 3.35. The first-order chi connectivity index (χ1) is 9.36. The lowest BCUT2D eigenvalue weighted by atomic mass is 9.94. The van der Waals surface area contributed by atoms with E-state index in [2.05, 4.69) is 22.3 Å². The Hall–Kier alpha value is -0.570. The van der Waals surface area contributed by atoms with Gasteiger partial charge >= 0.3 is 0 Å². The predicted octanol–water partition coefficient (Wildman–Crippen LogP) is 3.20. The van der Waals surface area contributed by atoms with Crippen LogP contribution in [0.5, 0.6) is 0 Å². The highest BCUT2D eigenvalue weighted by atomic mass is 15.1. The summed E-state index contributed by atoms with van der Waals surface area (Å²) in [5, 5.41) is 3.54. The molecule has 0 aromatic rings. The molecule has 1 aliphatic heterocycles. The Morgan fingerprint density at radius 1 is 1.11 bits per heavy atom. The summed E-state index contributed by atoms with van der Waals surface area (Å²) in [6.07, 6.45) is 13.5. The number of nitrogens with zero attached hydrogens (tertiary/aromatic N) is 2. The highest BCUT2D eigenvalue weighted by Crippen LogP contribution is 2.21. The molecular weight excluding hydrogens is 234 g/mol. The highest BCUT2D eigenvalue weighted by Gasteiger charge is 2.17. The van der Waals surface area contributed by atoms with E-state index in [1.54, 1.807) is 0 Å². The van der Waals surface area contributed by atoms with Gasteiger partial charge in [0, 0.05) is 25.6 Å². The first kappa shape index (κ1) is 14.8. The maximum absolute atomic E-state index is 4.62. The topological polar surface area (TPSA) is 27.6 Å². The van der Waals surface area contributed by atoms with Crippen LogP contribution in [0.25, 0.3) is 0 Å². The summed E-state index contributed by atoms with van der Waals surface area (Å²) in [4.78, 5) is 7.20. The van der Waals surface area contributed by atoms with Gasteiger partial charge in [-0.15, -0.1) is 0 Å². The van der Waals surface area contributed by atoms with Crippen LogP contribution in [-0.4, -0.2) is 43.5 Å². The number of hydrogen-bond donors (Lipinski definition) is 1. The van der Waals surface area contributed by atoms with Gasteiger partial charge in [0.2, 0.25) is 0 Å². The van der Waals surface area contributed by atoms with E-state index in [-0.39, 0.29) is 0 Å². The SMILES string of the molecule is CN(CCCNC1=NCCCCC1)C1CCCCC1. The predicted molar refractivity (Wildman–Crippen MR) is 82.9 cm³/mol. The van der Waals surface area contributed by atoms with Crippen LogP contribution in [0.4, 0.5) is 0 Å². The Balaban J connectivity index is 1.56. The average Bonchev–Trinajstić information content (AvgIpc) is 2.73. The molecule has 3 nitrogen and oxygen atoms in total. The molecule has 0 amide bonds. The normalized spacial score (nSPS) is 22.1. The molecule has 2 aliphatic rings. The van der Waals surface area contributed by atoms with Crippen molar-refractivity contribution in [2.75, 3.05) is 26.7 Å². The third-order valence-electron chi connectivity index (χ3n) is 4.59. The van der Waals surface area contributed by atoms with Crippen molar-refractivity contribution in [2.24, 2.45) is 4.99 Å². The van der Waals surface area contributed by atoms with Gasteiger partial charge in [-0.2, -0.15) is 0 Å². The van der Waals surface area contributed by atoms with E-state index in [4.69, 9.17) is 0 Å². The first-order valence-corrected chi connectivity index (χ1v) is 8.34. The van der Waals surface area contributed by atoms with Crippen LogP contribution in [0, 0.1) is 0 Å². The summed E-state index contributed by atoms with van der Waals surface area (Å²) in [6, 6.07) is 0.851. The third kappa shape index (κ3) is 5.52. The fraction of sp³-hybridized carbons (Fsp3) is 0.938. The Bertz CT molecular complexity index is 269. The zero-order valence-electron chi connectivity index (χ0n) is 12.7. The van der Waals surface area contributed by atoms with Crippen molar-refractivity contribution < 1.29 is 0 Å². The van der Waals surface area contributed by atoms with E-state index < -0.39 is 0 Å². The van der Waals surface area contributed by atoms with Crippen molar-refractivity contribution in [3.8, 4) is 0 Å². The molecule has 1 aliphatic carbocycles. The second-order valence-corrected chi connectivity index (χ2v) is 6.19. The molecule has 0 radical (unpaired) electrons. The lowest BCUT2D eigenvalue weighted by Gasteiger charge is -2.31.